The third-order valence-corrected chi connectivity index (χ3v) is 5.99. The van der Waals surface area contributed by atoms with E-state index in [1.54, 1.807) is 30.3 Å². The highest BCUT2D eigenvalue weighted by Crippen LogP contribution is 2.28. The van der Waals surface area contributed by atoms with Gasteiger partial charge in [0.2, 0.25) is 0 Å². The predicted octanol–water partition coefficient (Wildman–Crippen LogP) is 4.05. The summed E-state index contributed by atoms with van der Waals surface area (Å²) in [5.74, 6) is 0.257. The van der Waals surface area contributed by atoms with E-state index in [4.69, 9.17) is 11.6 Å². The van der Waals surface area contributed by atoms with E-state index in [-0.39, 0.29) is 10.1 Å². The van der Waals surface area contributed by atoms with Gasteiger partial charge < -0.3 is 0 Å². The minimum absolute atomic E-state index is 0.257. The first-order valence-corrected chi connectivity index (χ1v) is 8.57. The van der Waals surface area contributed by atoms with E-state index < -0.39 is 10.0 Å². The number of nitrogens with one attached hydrogen (secondary N) is 1. The first-order chi connectivity index (χ1) is 8.53. The normalized spacial score (nSPS) is 11.4. The van der Waals surface area contributed by atoms with Crippen molar-refractivity contribution in [2.45, 2.75) is 10.1 Å². The quantitative estimate of drug-likeness (QED) is 0.830. The highest BCUT2D eigenvalue weighted by Gasteiger charge is 2.17. The molecular formula is C11H9BrClNO2S2. The van der Waals surface area contributed by atoms with Crippen LogP contribution in [0.4, 0.5) is 5.69 Å². The number of thiophene rings is 1. The summed E-state index contributed by atoms with van der Waals surface area (Å²) in [5, 5.41) is 0. The van der Waals surface area contributed by atoms with Crippen molar-refractivity contribution in [1.29, 1.82) is 0 Å². The highest BCUT2D eigenvalue weighted by atomic mass is 79.9. The van der Waals surface area contributed by atoms with E-state index in [0.717, 1.165) is 20.7 Å². The molecule has 96 valence electrons. The van der Waals surface area contributed by atoms with Gasteiger partial charge in [-0.15, -0.1) is 22.9 Å². The second kappa shape index (κ2) is 5.61. The average Bonchev–Trinajstić information content (AvgIpc) is 2.77. The molecule has 1 aromatic carbocycles. The maximum absolute atomic E-state index is 12.1. The average molecular weight is 367 g/mol. The fourth-order valence-corrected chi connectivity index (χ4v) is 4.72. The van der Waals surface area contributed by atoms with Crippen LogP contribution in [0.15, 0.2) is 44.4 Å². The number of hydrogen-bond donors (Lipinski definition) is 1. The second-order valence-corrected chi connectivity index (χ2v) is 8.09. The summed E-state index contributed by atoms with van der Waals surface area (Å²) in [7, 11) is -3.55. The zero-order valence-electron chi connectivity index (χ0n) is 9.06. The molecule has 1 N–H and O–H groups in total. The molecule has 7 heteroatoms. The van der Waals surface area contributed by atoms with E-state index in [1.807, 2.05) is 6.07 Å². The van der Waals surface area contributed by atoms with Crippen LogP contribution < -0.4 is 4.72 Å². The molecule has 0 spiro atoms. The van der Waals surface area contributed by atoms with Gasteiger partial charge in [0.25, 0.3) is 10.0 Å². The molecule has 0 unspecified atom stereocenters. The summed E-state index contributed by atoms with van der Waals surface area (Å²) in [5.41, 5.74) is 1.26. The summed E-state index contributed by atoms with van der Waals surface area (Å²) in [6.07, 6.45) is 0. The van der Waals surface area contributed by atoms with Gasteiger partial charge in [-0.25, -0.2) is 8.42 Å². The van der Waals surface area contributed by atoms with Crippen LogP contribution in [-0.4, -0.2) is 8.42 Å². The number of sulfonamides is 1. The molecule has 0 aliphatic carbocycles. The second-order valence-electron chi connectivity index (χ2n) is 3.45. The molecule has 0 saturated heterocycles. The lowest BCUT2D eigenvalue weighted by molar-refractivity contribution is 0.603. The molecule has 18 heavy (non-hydrogen) atoms. The topological polar surface area (TPSA) is 46.2 Å². The van der Waals surface area contributed by atoms with Gasteiger partial charge in [0.1, 0.15) is 4.21 Å². The van der Waals surface area contributed by atoms with Gasteiger partial charge in [0.15, 0.2) is 0 Å². The molecule has 2 aromatic rings. The fraction of sp³-hybridized carbons (Fsp3) is 0.0909. The Hall–Kier alpha value is -0.560. The Kier molecular flexibility index (Phi) is 4.32. The number of benzene rings is 1. The molecule has 1 aromatic heterocycles. The maximum atomic E-state index is 12.1. The lowest BCUT2D eigenvalue weighted by Gasteiger charge is -2.09. The van der Waals surface area contributed by atoms with Crippen LogP contribution >= 0.6 is 38.9 Å². The van der Waals surface area contributed by atoms with Gasteiger partial charge >= 0.3 is 0 Å². The number of anilines is 1. The number of alkyl halides is 1. The Morgan fingerprint density at radius 2 is 1.94 bits per heavy atom. The molecule has 0 amide bonds. The Labute approximate surface area is 123 Å². The fourth-order valence-electron chi connectivity index (χ4n) is 1.37. The van der Waals surface area contributed by atoms with E-state index in [9.17, 15) is 8.42 Å². The van der Waals surface area contributed by atoms with Crippen LogP contribution in [0.2, 0.25) is 0 Å². The van der Waals surface area contributed by atoms with Crippen LogP contribution in [0.25, 0.3) is 0 Å². The number of halogens is 2. The van der Waals surface area contributed by atoms with Crippen LogP contribution in [0.5, 0.6) is 0 Å². The van der Waals surface area contributed by atoms with Crippen LogP contribution in [0.1, 0.15) is 5.56 Å². The molecule has 0 aliphatic heterocycles. The third-order valence-electron chi connectivity index (χ3n) is 2.22. The van der Waals surface area contributed by atoms with Gasteiger partial charge in [0, 0.05) is 5.88 Å². The molecule has 0 fully saturated rings. The highest BCUT2D eigenvalue weighted by molar-refractivity contribution is 9.11. The molecular weight excluding hydrogens is 358 g/mol. The van der Waals surface area contributed by atoms with Crippen LogP contribution in [0.3, 0.4) is 0 Å². The zero-order chi connectivity index (χ0) is 13.2. The summed E-state index contributed by atoms with van der Waals surface area (Å²) < 4.78 is 27.8. The van der Waals surface area contributed by atoms with Crippen molar-refractivity contribution >= 4 is 54.6 Å². The molecule has 1 heterocycles. The Morgan fingerprint density at radius 3 is 2.56 bits per heavy atom. The minimum atomic E-state index is -3.55. The van der Waals surface area contributed by atoms with E-state index >= 15 is 0 Å². The molecule has 0 bridgehead atoms. The van der Waals surface area contributed by atoms with Crippen LogP contribution in [0, 0.1) is 0 Å². The van der Waals surface area contributed by atoms with Crippen LogP contribution in [-0.2, 0) is 15.9 Å². The number of rotatable bonds is 4. The summed E-state index contributed by atoms with van der Waals surface area (Å²) in [6, 6.07) is 10.3. The van der Waals surface area contributed by atoms with Gasteiger partial charge in [-0.3, -0.25) is 4.72 Å². The molecule has 0 radical (unpaired) electrons. The maximum Gasteiger partial charge on any atom is 0.271 e. The summed E-state index contributed by atoms with van der Waals surface area (Å²) in [4.78, 5) is 0. The molecule has 3 nitrogen and oxygen atoms in total. The Morgan fingerprint density at radius 1 is 1.22 bits per heavy atom. The van der Waals surface area contributed by atoms with Crippen molar-refractivity contribution in [3.8, 4) is 0 Å². The number of hydrogen-bond acceptors (Lipinski definition) is 3. The van der Waals surface area contributed by atoms with Gasteiger partial charge in [0.05, 0.1) is 9.47 Å². The molecule has 0 atom stereocenters. The summed E-state index contributed by atoms with van der Waals surface area (Å²) >= 11 is 10.2. The lowest BCUT2D eigenvalue weighted by atomic mass is 10.2. The Bertz CT molecular complexity index is 655. The Balaban J connectivity index is 2.33. The van der Waals surface area contributed by atoms with Crippen molar-refractivity contribution in [3.63, 3.8) is 0 Å². The molecule has 0 saturated carbocycles. The summed E-state index contributed by atoms with van der Waals surface area (Å²) in [6.45, 7) is 0. The van der Waals surface area contributed by atoms with Gasteiger partial charge in [-0.2, -0.15) is 0 Å². The standard InChI is InChI=1S/C11H9BrClNO2S2/c12-10-5-6-11(17-10)18(15,16)14-9-4-2-1-3-8(9)7-13/h1-6,14H,7H2. The van der Waals surface area contributed by atoms with Crippen molar-refractivity contribution in [3.05, 3.63) is 45.7 Å². The first kappa shape index (κ1) is 13.9. The van der Waals surface area contributed by atoms with Crippen molar-refractivity contribution in [1.82, 2.24) is 0 Å². The van der Waals surface area contributed by atoms with E-state index in [2.05, 4.69) is 20.7 Å². The van der Waals surface area contributed by atoms with Crippen molar-refractivity contribution in [2.75, 3.05) is 4.72 Å². The van der Waals surface area contributed by atoms with Crippen molar-refractivity contribution in [2.24, 2.45) is 0 Å². The largest absolute Gasteiger partial charge is 0.279 e. The number of para-hydroxylation sites is 1. The zero-order valence-corrected chi connectivity index (χ0v) is 13.0. The van der Waals surface area contributed by atoms with Gasteiger partial charge in [-0.1, -0.05) is 18.2 Å². The van der Waals surface area contributed by atoms with E-state index in [1.165, 1.54) is 0 Å². The molecule has 2 rings (SSSR count). The first-order valence-electron chi connectivity index (χ1n) is 4.95. The minimum Gasteiger partial charge on any atom is -0.279 e. The van der Waals surface area contributed by atoms with Gasteiger partial charge in [-0.05, 0) is 39.7 Å². The smallest absolute Gasteiger partial charge is 0.271 e. The lowest BCUT2D eigenvalue weighted by Crippen LogP contribution is -2.12. The third kappa shape index (κ3) is 3.06. The van der Waals surface area contributed by atoms with Crippen molar-refractivity contribution < 1.29 is 8.42 Å². The molecule has 0 aliphatic rings. The predicted molar refractivity (Wildman–Crippen MR) is 78.8 cm³/mol. The monoisotopic (exact) mass is 365 g/mol. The SMILES string of the molecule is O=S(=O)(Nc1ccccc1CCl)c1ccc(Br)s1. The van der Waals surface area contributed by atoms with E-state index in [0.29, 0.717) is 5.69 Å².